The summed E-state index contributed by atoms with van der Waals surface area (Å²) in [5.41, 5.74) is 7.92. The predicted octanol–water partition coefficient (Wildman–Crippen LogP) is 8.71. The molecule has 0 amide bonds. The molecule has 0 aliphatic carbocycles. The van der Waals surface area contributed by atoms with E-state index in [1.807, 2.05) is 12.3 Å². The molecular weight excluding hydrogens is 420 g/mol. The van der Waals surface area contributed by atoms with Gasteiger partial charge in [-0.2, -0.15) is 0 Å². The van der Waals surface area contributed by atoms with Crippen molar-refractivity contribution in [1.29, 1.82) is 0 Å². The monoisotopic (exact) mass is 456 g/mol. The molecule has 0 saturated carbocycles. The fraction of sp³-hybridized carbons (Fsp3) is 0.400. The van der Waals surface area contributed by atoms with Crippen molar-refractivity contribution in [2.24, 2.45) is 0 Å². The summed E-state index contributed by atoms with van der Waals surface area (Å²) in [6.45, 7) is 15.2. The van der Waals surface area contributed by atoms with Gasteiger partial charge in [-0.15, -0.1) is 0 Å². The summed E-state index contributed by atoms with van der Waals surface area (Å²) in [7, 11) is 0. The first-order valence-corrected chi connectivity index (χ1v) is 12.4. The SMILES string of the molecule is CC(C)c1nc(-c2cc(CC(C)c3coc(-c4ccccc4C(C)C)n3)ccc2C(C)C)co1. The van der Waals surface area contributed by atoms with E-state index in [9.17, 15) is 0 Å². The van der Waals surface area contributed by atoms with Crippen LogP contribution in [0, 0.1) is 0 Å². The van der Waals surface area contributed by atoms with Crippen LogP contribution < -0.4 is 0 Å². The number of oxazole rings is 2. The van der Waals surface area contributed by atoms with Gasteiger partial charge in [0, 0.05) is 23.0 Å². The minimum Gasteiger partial charge on any atom is -0.448 e. The van der Waals surface area contributed by atoms with Crippen molar-refractivity contribution < 1.29 is 8.83 Å². The molecule has 1 unspecified atom stereocenters. The third-order valence-electron chi connectivity index (χ3n) is 6.41. The number of nitrogens with zero attached hydrogens (tertiary/aromatic N) is 2. The largest absolute Gasteiger partial charge is 0.448 e. The molecule has 4 rings (SSSR count). The van der Waals surface area contributed by atoms with Gasteiger partial charge in [0.15, 0.2) is 5.89 Å². The standard InChI is InChI=1S/C30H36N2O2/c1-18(2)23-10-8-9-11-25(23)30-31-27(16-34-30)21(7)14-22-12-13-24(19(3)4)26(15-22)28-17-33-29(32-28)20(5)6/h8-13,15-21H,14H2,1-7H3. The van der Waals surface area contributed by atoms with E-state index < -0.39 is 0 Å². The number of hydrogen-bond donors (Lipinski definition) is 0. The van der Waals surface area contributed by atoms with Gasteiger partial charge in [-0.1, -0.05) is 78.8 Å². The third kappa shape index (κ3) is 5.01. The minimum atomic E-state index is 0.227. The van der Waals surface area contributed by atoms with Crippen molar-refractivity contribution in [3.05, 3.63) is 83.3 Å². The van der Waals surface area contributed by atoms with Gasteiger partial charge in [0.1, 0.15) is 18.2 Å². The van der Waals surface area contributed by atoms with Crippen molar-refractivity contribution in [2.45, 2.75) is 78.6 Å². The van der Waals surface area contributed by atoms with Gasteiger partial charge in [-0.05, 0) is 47.1 Å². The highest BCUT2D eigenvalue weighted by atomic mass is 16.3. The van der Waals surface area contributed by atoms with Gasteiger partial charge in [-0.3, -0.25) is 0 Å². The quantitative estimate of drug-likeness (QED) is 0.266. The van der Waals surface area contributed by atoms with Crippen LogP contribution in [0.15, 0.2) is 63.8 Å². The Bertz CT molecular complexity index is 1250. The number of aromatic nitrogens is 2. The fourth-order valence-electron chi connectivity index (χ4n) is 4.42. The van der Waals surface area contributed by atoms with Crippen LogP contribution in [-0.4, -0.2) is 9.97 Å². The molecule has 0 radical (unpaired) electrons. The Hall–Kier alpha value is -3.14. The maximum absolute atomic E-state index is 5.94. The summed E-state index contributed by atoms with van der Waals surface area (Å²) in [5, 5.41) is 0. The van der Waals surface area contributed by atoms with Gasteiger partial charge in [0.2, 0.25) is 5.89 Å². The highest BCUT2D eigenvalue weighted by Crippen LogP contribution is 2.34. The van der Waals surface area contributed by atoms with Crippen molar-refractivity contribution in [2.75, 3.05) is 0 Å². The lowest BCUT2D eigenvalue weighted by Crippen LogP contribution is -2.01. The topological polar surface area (TPSA) is 52.1 Å². The molecule has 2 aromatic heterocycles. The first kappa shape index (κ1) is 24.0. The van der Waals surface area contributed by atoms with Crippen LogP contribution in [0.1, 0.15) is 100 Å². The van der Waals surface area contributed by atoms with E-state index in [0.29, 0.717) is 17.7 Å². The summed E-state index contributed by atoms with van der Waals surface area (Å²) >= 11 is 0. The van der Waals surface area contributed by atoms with Crippen molar-refractivity contribution in [3.63, 3.8) is 0 Å². The normalized spacial score (nSPS) is 12.8. The molecule has 1 atom stereocenters. The molecule has 0 saturated heterocycles. The maximum Gasteiger partial charge on any atom is 0.226 e. The summed E-state index contributed by atoms with van der Waals surface area (Å²) in [6, 6.07) is 15.1. The van der Waals surface area contributed by atoms with Crippen LogP contribution in [0.2, 0.25) is 0 Å². The Balaban J connectivity index is 1.60. The molecule has 34 heavy (non-hydrogen) atoms. The van der Waals surface area contributed by atoms with Gasteiger partial charge >= 0.3 is 0 Å². The lowest BCUT2D eigenvalue weighted by Gasteiger charge is -2.15. The molecular formula is C30H36N2O2. The van der Waals surface area contributed by atoms with E-state index in [-0.39, 0.29) is 11.8 Å². The lowest BCUT2D eigenvalue weighted by molar-refractivity contribution is 0.471. The lowest BCUT2D eigenvalue weighted by atomic mass is 9.90. The first-order chi connectivity index (χ1) is 16.2. The number of rotatable bonds is 8. The van der Waals surface area contributed by atoms with Crippen LogP contribution in [-0.2, 0) is 6.42 Å². The van der Waals surface area contributed by atoms with Crippen LogP contribution in [0.3, 0.4) is 0 Å². The van der Waals surface area contributed by atoms with Gasteiger partial charge < -0.3 is 8.83 Å². The summed E-state index contributed by atoms with van der Waals surface area (Å²) in [4.78, 5) is 9.64. The second-order valence-electron chi connectivity index (χ2n) is 10.2. The van der Waals surface area contributed by atoms with E-state index in [4.69, 9.17) is 18.8 Å². The highest BCUT2D eigenvalue weighted by molar-refractivity contribution is 5.65. The second-order valence-corrected chi connectivity index (χ2v) is 10.2. The Morgan fingerprint density at radius 3 is 2.09 bits per heavy atom. The zero-order chi connectivity index (χ0) is 24.4. The summed E-state index contributed by atoms with van der Waals surface area (Å²) < 4.78 is 11.7. The molecule has 4 heteroatoms. The van der Waals surface area contributed by atoms with Crippen molar-refractivity contribution >= 4 is 0 Å². The summed E-state index contributed by atoms with van der Waals surface area (Å²) in [6.07, 6.45) is 4.48. The van der Waals surface area contributed by atoms with Crippen molar-refractivity contribution in [3.8, 4) is 22.7 Å². The van der Waals surface area contributed by atoms with E-state index in [2.05, 4.69) is 84.9 Å². The molecule has 178 valence electrons. The van der Waals surface area contributed by atoms with E-state index in [1.165, 1.54) is 16.7 Å². The molecule has 2 aromatic carbocycles. The molecule has 0 spiro atoms. The average molecular weight is 457 g/mol. The van der Waals surface area contributed by atoms with Gasteiger partial charge in [0.25, 0.3) is 0 Å². The molecule has 0 N–H and O–H groups in total. The smallest absolute Gasteiger partial charge is 0.226 e. The van der Waals surface area contributed by atoms with Crippen molar-refractivity contribution in [1.82, 2.24) is 9.97 Å². The minimum absolute atomic E-state index is 0.227. The van der Waals surface area contributed by atoms with Crippen LogP contribution in [0.25, 0.3) is 22.7 Å². The molecule has 0 aliphatic heterocycles. The van der Waals surface area contributed by atoms with Crippen LogP contribution in [0.5, 0.6) is 0 Å². The highest BCUT2D eigenvalue weighted by Gasteiger charge is 2.19. The molecule has 4 aromatic rings. The molecule has 2 heterocycles. The van der Waals surface area contributed by atoms with E-state index >= 15 is 0 Å². The second kappa shape index (κ2) is 10.0. The molecule has 4 nitrogen and oxygen atoms in total. The van der Waals surface area contributed by atoms with Crippen LogP contribution >= 0.6 is 0 Å². The molecule has 0 bridgehead atoms. The predicted molar refractivity (Wildman–Crippen MR) is 138 cm³/mol. The Labute approximate surface area is 203 Å². The molecule has 0 aliphatic rings. The Kier molecular flexibility index (Phi) is 7.06. The fourth-order valence-corrected chi connectivity index (χ4v) is 4.42. The Morgan fingerprint density at radius 2 is 1.41 bits per heavy atom. The molecule has 0 fully saturated rings. The maximum atomic E-state index is 5.94. The van der Waals surface area contributed by atoms with Crippen LogP contribution in [0.4, 0.5) is 0 Å². The van der Waals surface area contributed by atoms with Gasteiger partial charge in [0.05, 0.1) is 5.69 Å². The number of hydrogen-bond acceptors (Lipinski definition) is 4. The number of benzene rings is 2. The summed E-state index contributed by atoms with van der Waals surface area (Å²) in [5.74, 6) is 2.78. The van der Waals surface area contributed by atoms with E-state index in [1.54, 1.807) is 6.26 Å². The average Bonchev–Trinajstić information content (AvgIpc) is 3.49. The first-order valence-electron chi connectivity index (χ1n) is 12.4. The van der Waals surface area contributed by atoms with E-state index in [0.717, 1.165) is 34.8 Å². The Morgan fingerprint density at radius 1 is 0.706 bits per heavy atom. The zero-order valence-electron chi connectivity index (χ0n) is 21.4. The third-order valence-corrected chi connectivity index (χ3v) is 6.41. The van der Waals surface area contributed by atoms with Gasteiger partial charge in [-0.25, -0.2) is 9.97 Å². The zero-order valence-corrected chi connectivity index (χ0v) is 21.4.